The van der Waals surface area contributed by atoms with Crippen LogP contribution in [0.15, 0.2) is 47.0 Å². The van der Waals surface area contributed by atoms with E-state index < -0.39 is 0 Å². The first kappa shape index (κ1) is 17.9. The number of hydrogen-bond acceptors (Lipinski definition) is 8. The second-order valence-electron chi connectivity index (χ2n) is 5.73. The summed E-state index contributed by atoms with van der Waals surface area (Å²) in [5.41, 5.74) is 1.55. The minimum atomic E-state index is 0.195. The van der Waals surface area contributed by atoms with Crippen molar-refractivity contribution in [2.75, 3.05) is 14.2 Å². The molecule has 0 saturated carbocycles. The fraction of sp³-hybridized carbons (Fsp3) is 0.167. The van der Waals surface area contributed by atoms with Crippen LogP contribution in [0, 0.1) is 0 Å². The number of nitrogens with zero attached hydrogens (tertiary/aromatic N) is 6. The molecule has 28 heavy (non-hydrogen) atoms. The molecule has 2 aromatic carbocycles. The van der Waals surface area contributed by atoms with Crippen LogP contribution in [-0.2, 0) is 6.54 Å². The molecule has 10 heteroatoms. The number of aromatic nitrogens is 6. The van der Waals surface area contributed by atoms with Crippen molar-refractivity contribution in [3.05, 3.63) is 53.4 Å². The fourth-order valence-corrected chi connectivity index (χ4v) is 2.68. The van der Waals surface area contributed by atoms with Gasteiger partial charge in [-0.05, 0) is 47.7 Å². The summed E-state index contributed by atoms with van der Waals surface area (Å²) in [5, 5.41) is 17.0. The molecule has 9 nitrogen and oxygen atoms in total. The van der Waals surface area contributed by atoms with Crippen LogP contribution in [-0.4, -0.2) is 44.6 Å². The fourth-order valence-electron chi connectivity index (χ4n) is 2.56. The van der Waals surface area contributed by atoms with Gasteiger partial charge >= 0.3 is 0 Å². The highest BCUT2D eigenvalue weighted by atomic mass is 35.5. The quantitative estimate of drug-likeness (QED) is 0.488. The minimum Gasteiger partial charge on any atom is -0.493 e. The maximum Gasteiger partial charge on any atom is 0.250 e. The molecule has 142 valence electrons. The lowest BCUT2D eigenvalue weighted by molar-refractivity contribution is 0.354. The largest absolute Gasteiger partial charge is 0.493 e. The van der Waals surface area contributed by atoms with E-state index in [1.807, 2.05) is 18.2 Å². The number of tetrazole rings is 1. The van der Waals surface area contributed by atoms with Gasteiger partial charge in [-0.25, -0.2) is 0 Å². The standard InChI is InChI=1S/C18H15ClN6O3/c1-26-14-8-5-12(9-15(14)27-2)17-20-16(28-23-17)10-25-22-18(21-24-25)11-3-6-13(19)7-4-11/h3-9H,10H2,1-2H3. The molecule has 0 fully saturated rings. The average Bonchev–Trinajstić information content (AvgIpc) is 3.38. The van der Waals surface area contributed by atoms with Crippen molar-refractivity contribution in [2.45, 2.75) is 6.54 Å². The summed E-state index contributed by atoms with van der Waals surface area (Å²) in [4.78, 5) is 5.76. The summed E-state index contributed by atoms with van der Waals surface area (Å²) in [6.45, 7) is 0.195. The van der Waals surface area contributed by atoms with Crippen LogP contribution >= 0.6 is 11.6 Å². The lowest BCUT2D eigenvalue weighted by Crippen LogP contribution is -2.04. The Morgan fingerprint density at radius 3 is 2.46 bits per heavy atom. The second kappa shape index (κ2) is 7.65. The van der Waals surface area contributed by atoms with Crippen molar-refractivity contribution in [3.63, 3.8) is 0 Å². The zero-order valence-electron chi connectivity index (χ0n) is 15.0. The highest BCUT2D eigenvalue weighted by Gasteiger charge is 2.14. The monoisotopic (exact) mass is 398 g/mol. The molecule has 0 amide bonds. The molecule has 4 aromatic rings. The van der Waals surface area contributed by atoms with Crippen LogP contribution in [0.3, 0.4) is 0 Å². The van der Waals surface area contributed by atoms with E-state index in [4.69, 9.17) is 25.6 Å². The molecule has 0 N–H and O–H groups in total. The molecule has 0 aliphatic heterocycles. The molecular formula is C18H15ClN6O3. The molecule has 0 radical (unpaired) electrons. The normalized spacial score (nSPS) is 10.8. The maximum absolute atomic E-state index is 5.90. The van der Waals surface area contributed by atoms with Crippen LogP contribution in [0.1, 0.15) is 5.89 Å². The first-order valence-corrected chi connectivity index (χ1v) is 8.63. The van der Waals surface area contributed by atoms with Crippen LogP contribution in [0.5, 0.6) is 11.5 Å². The van der Waals surface area contributed by atoms with E-state index in [1.165, 1.54) is 4.80 Å². The summed E-state index contributed by atoms with van der Waals surface area (Å²) in [5.74, 6) is 2.46. The van der Waals surface area contributed by atoms with Crippen LogP contribution in [0.25, 0.3) is 22.8 Å². The summed E-state index contributed by atoms with van der Waals surface area (Å²) < 4.78 is 15.8. The highest BCUT2D eigenvalue weighted by Crippen LogP contribution is 2.31. The number of hydrogen-bond donors (Lipinski definition) is 0. The van der Waals surface area contributed by atoms with Gasteiger partial charge in [0.1, 0.15) is 6.54 Å². The third-order valence-corrected chi connectivity index (χ3v) is 4.19. The molecule has 4 rings (SSSR count). The molecule has 0 unspecified atom stereocenters. The summed E-state index contributed by atoms with van der Waals surface area (Å²) in [6, 6.07) is 12.6. The van der Waals surface area contributed by atoms with Gasteiger partial charge in [0.2, 0.25) is 11.6 Å². The number of halogens is 1. The zero-order chi connectivity index (χ0) is 19.5. The van der Waals surface area contributed by atoms with Gasteiger partial charge in [0.15, 0.2) is 11.5 Å². The van der Waals surface area contributed by atoms with Gasteiger partial charge < -0.3 is 14.0 Å². The third kappa shape index (κ3) is 3.65. The Morgan fingerprint density at radius 2 is 1.71 bits per heavy atom. The summed E-state index contributed by atoms with van der Waals surface area (Å²) in [6.07, 6.45) is 0. The predicted octanol–water partition coefficient (Wildman–Crippen LogP) is 3.11. The third-order valence-electron chi connectivity index (χ3n) is 3.94. The van der Waals surface area contributed by atoms with E-state index >= 15 is 0 Å². The smallest absolute Gasteiger partial charge is 0.250 e. The molecule has 0 aliphatic rings. The zero-order valence-corrected chi connectivity index (χ0v) is 15.8. The van der Waals surface area contributed by atoms with Gasteiger partial charge in [0, 0.05) is 16.1 Å². The lowest BCUT2D eigenvalue weighted by Gasteiger charge is -2.07. The maximum atomic E-state index is 5.90. The van der Waals surface area contributed by atoms with Crippen LogP contribution in [0.4, 0.5) is 0 Å². The Kier molecular flexibility index (Phi) is 4.90. The molecule has 2 heterocycles. The van der Waals surface area contributed by atoms with Crippen LogP contribution in [0.2, 0.25) is 5.02 Å². The first-order chi connectivity index (χ1) is 13.7. The number of methoxy groups -OCH3 is 2. The summed E-state index contributed by atoms with van der Waals surface area (Å²) >= 11 is 5.90. The molecule has 0 bridgehead atoms. The molecular weight excluding hydrogens is 384 g/mol. The minimum absolute atomic E-state index is 0.195. The van der Waals surface area contributed by atoms with Crippen molar-refractivity contribution < 1.29 is 14.0 Å². The van der Waals surface area contributed by atoms with E-state index in [0.29, 0.717) is 34.1 Å². The van der Waals surface area contributed by atoms with Crippen molar-refractivity contribution in [3.8, 4) is 34.3 Å². The van der Waals surface area contributed by atoms with Gasteiger partial charge in [0.05, 0.1) is 14.2 Å². The Morgan fingerprint density at radius 1 is 0.964 bits per heavy atom. The number of rotatable bonds is 6. The van der Waals surface area contributed by atoms with E-state index in [9.17, 15) is 0 Å². The van der Waals surface area contributed by atoms with Crippen LogP contribution < -0.4 is 9.47 Å². The Labute approximate surface area is 164 Å². The van der Waals surface area contributed by atoms with Crippen molar-refractivity contribution in [1.82, 2.24) is 30.3 Å². The first-order valence-electron chi connectivity index (χ1n) is 8.25. The van der Waals surface area contributed by atoms with Gasteiger partial charge in [-0.3, -0.25) is 0 Å². The predicted molar refractivity (Wildman–Crippen MR) is 100 cm³/mol. The van der Waals surface area contributed by atoms with E-state index in [2.05, 4.69) is 25.6 Å². The lowest BCUT2D eigenvalue weighted by atomic mass is 10.2. The molecule has 0 saturated heterocycles. The van der Waals surface area contributed by atoms with E-state index in [-0.39, 0.29) is 6.54 Å². The van der Waals surface area contributed by atoms with E-state index in [1.54, 1.807) is 38.5 Å². The Hall–Kier alpha value is -3.46. The Bertz CT molecular complexity index is 1090. The summed E-state index contributed by atoms with van der Waals surface area (Å²) in [7, 11) is 3.14. The van der Waals surface area contributed by atoms with Crippen molar-refractivity contribution >= 4 is 11.6 Å². The SMILES string of the molecule is COc1ccc(-c2noc(Cn3nnc(-c4ccc(Cl)cc4)n3)n2)cc1OC. The van der Waals surface area contributed by atoms with Gasteiger partial charge in [-0.1, -0.05) is 16.8 Å². The van der Waals surface area contributed by atoms with Gasteiger partial charge in [-0.2, -0.15) is 9.78 Å². The second-order valence-corrected chi connectivity index (χ2v) is 6.17. The van der Waals surface area contributed by atoms with Gasteiger partial charge in [0.25, 0.3) is 5.89 Å². The molecule has 0 aliphatic carbocycles. The highest BCUT2D eigenvalue weighted by molar-refractivity contribution is 6.30. The molecule has 0 atom stereocenters. The van der Waals surface area contributed by atoms with Gasteiger partial charge in [-0.15, -0.1) is 10.2 Å². The average molecular weight is 399 g/mol. The van der Waals surface area contributed by atoms with Crippen molar-refractivity contribution in [2.24, 2.45) is 0 Å². The molecule has 2 aromatic heterocycles. The molecule has 0 spiro atoms. The number of benzene rings is 2. The van der Waals surface area contributed by atoms with Crippen molar-refractivity contribution in [1.29, 1.82) is 0 Å². The van der Waals surface area contributed by atoms with E-state index in [0.717, 1.165) is 11.1 Å². The number of ether oxygens (including phenoxy) is 2. The Balaban J connectivity index is 1.52. The topological polar surface area (TPSA) is 101 Å².